The summed E-state index contributed by atoms with van der Waals surface area (Å²) in [4.78, 5) is 10.5. The summed E-state index contributed by atoms with van der Waals surface area (Å²) < 4.78 is 4.77. The van der Waals surface area contributed by atoms with Crippen molar-refractivity contribution in [2.45, 2.75) is 72.1 Å². The standard InChI is InChI=1S/C53H49N3OS/c1-32(2)39-27-34(33-17-10-9-11-18-33)24-25-45(39)56-46-22-16-20-38(48(46)55-51(56)42-30-36(52(3,4)5)31-43(49(42)57)53(6,7)8)41-29-35(44-21-14-15-26-54-44)28-40-37-19-12-13-23-47(37)58-50(40)41/h9-32,57H,1-8H3. The van der Waals surface area contributed by atoms with E-state index in [1.807, 2.05) is 29.7 Å². The monoisotopic (exact) mass is 775 g/mol. The number of hydrogen-bond donors (Lipinski definition) is 1. The molecule has 0 aliphatic carbocycles. The molecule has 0 aliphatic heterocycles. The van der Waals surface area contributed by atoms with Gasteiger partial charge in [0.15, 0.2) is 0 Å². The third kappa shape index (κ3) is 6.48. The first-order valence-corrected chi connectivity index (χ1v) is 21.1. The lowest BCUT2D eigenvalue weighted by Gasteiger charge is -2.28. The molecule has 3 aromatic heterocycles. The summed E-state index contributed by atoms with van der Waals surface area (Å²) in [6.45, 7) is 17.7. The number of phenolic OH excluding ortho intramolecular Hbond substituents is 1. The van der Waals surface area contributed by atoms with Crippen LogP contribution in [0.5, 0.6) is 5.75 Å². The van der Waals surface area contributed by atoms with E-state index in [0.29, 0.717) is 0 Å². The van der Waals surface area contributed by atoms with Gasteiger partial charge in [0.05, 0.1) is 28.0 Å². The van der Waals surface area contributed by atoms with E-state index in [9.17, 15) is 5.11 Å². The maximum atomic E-state index is 12.4. The number of fused-ring (bicyclic) bond motifs is 4. The SMILES string of the molecule is CC(C)c1cc(-c2ccccc2)ccc1-n1c(-c2cc(C(C)(C)C)cc(C(C)(C)C)c2O)nc2c(-c3cc(-c4ccccn4)cc4c3sc3ccccc34)cccc21. The Balaban J connectivity index is 1.41. The minimum absolute atomic E-state index is 0.163. The first kappa shape index (κ1) is 37.5. The Morgan fingerprint density at radius 3 is 2.10 bits per heavy atom. The molecule has 0 saturated carbocycles. The van der Waals surface area contributed by atoms with Crippen LogP contribution >= 0.6 is 11.3 Å². The van der Waals surface area contributed by atoms with Crippen LogP contribution in [0.1, 0.15) is 78.0 Å². The van der Waals surface area contributed by atoms with Crippen molar-refractivity contribution in [3.8, 4) is 56.3 Å². The number of aromatic nitrogens is 3. The van der Waals surface area contributed by atoms with Crippen LogP contribution in [0.25, 0.3) is 81.8 Å². The van der Waals surface area contributed by atoms with Gasteiger partial charge in [-0.1, -0.05) is 134 Å². The summed E-state index contributed by atoms with van der Waals surface area (Å²) in [5, 5.41) is 14.9. The number of aromatic hydroxyl groups is 1. The van der Waals surface area contributed by atoms with E-state index in [4.69, 9.17) is 9.97 Å². The van der Waals surface area contributed by atoms with Gasteiger partial charge in [0.1, 0.15) is 11.6 Å². The molecule has 0 amide bonds. The van der Waals surface area contributed by atoms with Crippen LogP contribution in [0.3, 0.4) is 0 Å². The summed E-state index contributed by atoms with van der Waals surface area (Å²) in [7, 11) is 0. The summed E-state index contributed by atoms with van der Waals surface area (Å²) in [5.41, 5.74) is 13.0. The highest BCUT2D eigenvalue weighted by Gasteiger charge is 2.29. The predicted molar refractivity (Wildman–Crippen MR) is 247 cm³/mol. The van der Waals surface area contributed by atoms with Gasteiger partial charge >= 0.3 is 0 Å². The molecule has 5 heteroatoms. The maximum absolute atomic E-state index is 12.4. The summed E-state index contributed by atoms with van der Waals surface area (Å²) in [6, 6.07) is 47.6. The zero-order valence-electron chi connectivity index (χ0n) is 34.6. The van der Waals surface area contributed by atoms with Crippen LogP contribution in [-0.2, 0) is 10.8 Å². The average Bonchev–Trinajstić information content (AvgIpc) is 3.79. The van der Waals surface area contributed by atoms with E-state index in [1.165, 1.54) is 36.9 Å². The third-order valence-electron chi connectivity index (χ3n) is 11.4. The topological polar surface area (TPSA) is 50.9 Å². The van der Waals surface area contributed by atoms with Crippen LogP contribution in [-0.4, -0.2) is 19.6 Å². The fourth-order valence-electron chi connectivity index (χ4n) is 8.29. The van der Waals surface area contributed by atoms with Gasteiger partial charge in [-0.2, -0.15) is 0 Å². The van der Waals surface area contributed by atoms with Crippen molar-refractivity contribution in [2.75, 3.05) is 0 Å². The molecule has 0 atom stereocenters. The number of benzene rings is 6. The zero-order valence-corrected chi connectivity index (χ0v) is 35.4. The molecule has 0 aliphatic rings. The normalized spacial score (nSPS) is 12.4. The van der Waals surface area contributed by atoms with Crippen molar-refractivity contribution in [1.29, 1.82) is 0 Å². The molecule has 6 aromatic carbocycles. The van der Waals surface area contributed by atoms with Crippen molar-refractivity contribution in [1.82, 2.24) is 14.5 Å². The Bertz CT molecular complexity index is 3000. The fourth-order valence-corrected chi connectivity index (χ4v) is 9.50. The number of imidazole rings is 1. The third-order valence-corrected chi connectivity index (χ3v) is 12.7. The molecule has 3 heterocycles. The van der Waals surface area contributed by atoms with Gasteiger partial charge in [0.25, 0.3) is 0 Å². The first-order valence-electron chi connectivity index (χ1n) is 20.2. The lowest BCUT2D eigenvalue weighted by atomic mass is 9.79. The highest BCUT2D eigenvalue weighted by Crippen LogP contribution is 2.48. The van der Waals surface area contributed by atoms with Crippen molar-refractivity contribution in [3.63, 3.8) is 0 Å². The molecule has 0 spiro atoms. The summed E-state index contributed by atoms with van der Waals surface area (Å²) in [5.74, 6) is 1.20. The molecule has 0 unspecified atom stereocenters. The van der Waals surface area contributed by atoms with Crippen LogP contribution in [0.2, 0.25) is 0 Å². The first-order chi connectivity index (χ1) is 27.8. The van der Waals surface area contributed by atoms with Gasteiger partial charge in [-0.05, 0) is 93.6 Å². The molecule has 0 bridgehead atoms. The van der Waals surface area contributed by atoms with Gasteiger partial charge in [0, 0.05) is 48.6 Å². The second kappa shape index (κ2) is 14.1. The number of hydrogen-bond acceptors (Lipinski definition) is 4. The zero-order chi connectivity index (χ0) is 40.5. The Morgan fingerprint density at radius 2 is 1.38 bits per heavy atom. The lowest BCUT2D eigenvalue weighted by molar-refractivity contribution is 0.446. The van der Waals surface area contributed by atoms with E-state index in [2.05, 4.69) is 181 Å². The lowest BCUT2D eigenvalue weighted by Crippen LogP contribution is -2.17. The van der Waals surface area contributed by atoms with Gasteiger partial charge in [-0.3, -0.25) is 9.55 Å². The molecule has 58 heavy (non-hydrogen) atoms. The highest BCUT2D eigenvalue weighted by molar-refractivity contribution is 7.26. The van der Waals surface area contributed by atoms with E-state index in [1.54, 1.807) is 0 Å². The molecular weight excluding hydrogens is 727 g/mol. The predicted octanol–water partition coefficient (Wildman–Crippen LogP) is 14.9. The second-order valence-electron chi connectivity index (χ2n) is 17.9. The van der Waals surface area contributed by atoms with Crippen molar-refractivity contribution < 1.29 is 5.11 Å². The molecule has 1 N–H and O–H groups in total. The Hall–Kier alpha value is -6.04. The summed E-state index contributed by atoms with van der Waals surface area (Å²) in [6.07, 6.45) is 1.86. The highest BCUT2D eigenvalue weighted by atomic mass is 32.1. The molecule has 288 valence electrons. The molecular formula is C53H49N3OS. The largest absolute Gasteiger partial charge is 0.507 e. The Morgan fingerprint density at radius 1 is 0.621 bits per heavy atom. The summed E-state index contributed by atoms with van der Waals surface area (Å²) >= 11 is 1.82. The van der Waals surface area contributed by atoms with Gasteiger partial charge in [-0.15, -0.1) is 11.3 Å². The number of para-hydroxylation sites is 1. The quantitative estimate of drug-likeness (QED) is 0.183. The molecule has 0 fully saturated rings. The molecule has 9 aromatic rings. The van der Waals surface area contributed by atoms with Crippen LogP contribution < -0.4 is 0 Å². The number of thiophene rings is 1. The van der Waals surface area contributed by atoms with Crippen molar-refractivity contribution in [3.05, 3.63) is 156 Å². The fraction of sp³-hybridized carbons (Fsp3) is 0.208. The van der Waals surface area contributed by atoms with Crippen molar-refractivity contribution >= 4 is 42.5 Å². The number of pyridine rings is 1. The minimum Gasteiger partial charge on any atom is -0.507 e. The number of rotatable bonds is 6. The van der Waals surface area contributed by atoms with Crippen LogP contribution in [0, 0.1) is 0 Å². The Labute approximate surface area is 345 Å². The van der Waals surface area contributed by atoms with E-state index < -0.39 is 0 Å². The van der Waals surface area contributed by atoms with E-state index in [-0.39, 0.29) is 22.5 Å². The molecule has 4 nitrogen and oxygen atoms in total. The minimum atomic E-state index is -0.304. The van der Waals surface area contributed by atoms with Gasteiger partial charge in [0.2, 0.25) is 0 Å². The molecule has 0 radical (unpaired) electrons. The average molecular weight is 776 g/mol. The molecule has 9 rings (SSSR count). The van der Waals surface area contributed by atoms with Crippen LogP contribution in [0.4, 0.5) is 0 Å². The number of nitrogens with zero attached hydrogens (tertiary/aromatic N) is 3. The Kier molecular flexibility index (Phi) is 9.13. The van der Waals surface area contributed by atoms with Gasteiger partial charge in [-0.25, -0.2) is 4.98 Å². The number of phenols is 1. The van der Waals surface area contributed by atoms with Crippen LogP contribution in [0.15, 0.2) is 140 Å². The maximum Gasteiger partial charge on any atom is 0.149 e. The van der Waals surface area contributed by atoms with Crippen molar-refractivity contribution in [2.24, 2.45) is 0 Å². The van der Waals surface area contributed by atoms with E-state index >= 15 is 0 Å². The second-order valence-corrected chi connectivity index (χ2v) is 18.9. The van der Waals surface area contributed by atoms with Gasteiger partial charge < -0.3 is 5.11 Å². The smallest absolute Gasteiger partial charge is 0.149 e. The van der Waals surface area contributed by atoms with E-state index in [0.717, 1.165) is 61.6 Å². The molecule has 0 saturated heterocycles.